The molecule has 0 saturated heterocycles. The molecule has 1 N–H and O–H groups in total. The Kier molecular flexibility index (Phi) is 2.78. The summed E-state index contributed by atoms with van der Waals surface area (Å²) in [5.41, 5.74) is 0. The standard InChI is InChI=1S/C5H3BrClN3O/c6-3-1-8-5(9-2-3)4(7)10-11/h1-2,11H. The first-order valence-electron chi connectivity index (χ1n) is 2.59. The molecule has 0 aliphatic carbocycles. The molecule has 0 aliphatic heterocycles. The first-order chi connectivity index (χ1) is 5.24. The quantitative estimate of drug-likeness (QED) is 0.458. The second-order valence-corrected chi connectivity index (χ2v) is 2.89. The van der Waals surface area contributed by atoms with Crippen LogP contribution in [0.15, 0.2) is 22.0 Å². The van der Waals surface area contributed by atoms with Gasteiger partial charge in [-0.1, -0.05) is 16.8 Å². The molecule has 1 aromatic heterocycles. The lowest BCUT2D eigenvalue weighted by Gasteiger charge is -1.92. The van der Waals surface area contributed by atoms with Gasteiger partial charge in [-0.15, -0.1) is 0 Å². The Balaban J connectivity index is 2.99. The molecule has 1 heterocycles. The average Bonchev–Trinajstić information content (AvgIpc) is 2.05. The van der Waals surface area contributed by atoms with Crippen LogP contribution in [0.1, 0.15) is 5.82 Å². The first-order valence-corrected chi connectivity index (χ1v) is 3.76. The highest BCUT2D eigenvalue weighted by Crippen LogP contribution is 2.05. The van der Waals surface area contributed by atoms with Crippen molar-refractivity contribution >= 4 is 32.7 Å². The second kappa shape index (κ2) is 3.64. The topological polar surface area (TPSA) is 58.4 Å². The lowest BCUT2D eigenvalue weighted by molar-refractivity contribution is 0.320. The van der Waals surface area contributed by atoms with Crippen molar-refractivity contribution < 1.29 is 5.21 Å². The van der Waals surface area contributed by atoms with Gasteiger partial charge in [0, 0.05) is 12.4 Å². The first kappa shape index (κ1) is 8.42. The summed E-state index contributed by atoms with van der Waals surface area (Å²) in [5, 5.41) is 10.8. The van der Waals surface area contributed by atoms with Gasteiger partial charge in [-0.05, 0) is 15.9 Å². The van der Waals surface area contributed by atoms with Gasteiger partial charge in [0.1, 0.15) is 0 Å². The number of halogens is 2. The minimum Gasteiger partial charge on any atom is -0.410 e. The van der Waals surface area contributed by atoms with Crippen LogP contribution in [0.3, 0.4) is 0 Å². The van der Waals surface area contributed by atoms with Crippen molar-refractivity contribution in [2.75, 3.05) is 0 Å². The van der Waals surface area contributed by atoms with E-state index in [0.717, 1.165) is 4.47 Å². The Labute approximate surface area is 76.1 Å². The SMILES string of the molecule is ON=C(Cl)c1ncc(Br)cn1. The predicted octanol–water partition coefficient (Wildman–Crippen LogP) is 1.61. The van der Waals surface area contributed by atoms with Crippen molar-refractivity contribution in [2.45, 2.75) is 0 Å². The summed E-state index contributed by atoms with van der Waals surface area (Å²) in [5.74, 6) is 0.192. The predicted molar refractivity (Wildman–Crippen MR) is 43.9 cm³/mol. The van der Waals surface area contributed by atoms with Gasteiger partial charge in [0.25, 0.3) is 0 Å². The van der Waals surface area contributed by atoms with Gasteiger partial charge in [0.15, 0.2) is 5.82 Å². The highest BCUT2D eigenvalue weighted by molar-refractivity contribution is 9.10. The van der Waals surface area contributed by atoms with E-state index in [4.69, 9.17) is 16.8 Å². The summed E-state index contributed by atoms with van der Waals surface area (Å²) in [6.07, 6.45) is 3.02. The maximum Gasteiger partial charge on any atom is 0.212 e. The van der Waals surface area contributed by atoms with Crippen LogP contribution in [0.25, 0.3) is 0 Å². The van der Waals surface area contributed by atoms with Crippen LogP contribution in [-0.2, 0) is 0 Å². The Morgan fingerprint density at radius 2 is 2.09 bits per heavy atom. The molecule has 1 rings (SSSR count). The van der Waals surface area contributed by atoms with E-state index in [1.165, 1.54) is 12.4 Å². The van der Waals surface area contributed by atoms with Crippen molar-refractivity contribution in [3.63, 3.8) is 0 Å². The number of aromatic nitrogens is 2. The third kappa shape index (κ3) is 2.13. The summed E-state index contributed by atoms with van der Waals surface area (Å²) < 4.78 is 0.739. The van der Waals surface area contributed by atoms with Gasteiger partial charge < -0.3 is 5.21 Å². The average molecular weight is 236 g/mol. The Morgan fingerprint density at radius 1 is 1.55 bits per heavy atom. The van der Waals surface area contributed by atoms with Crippen LogP contribution in [0.4, 0.5) is 0 Å². The van der Waals surface area contributed by atoms with Crippen molar-refractivity contribution in [3.8, 4) is 0 Å². The molecule has 0 spiro atoms. The zero-order valence-electron chi connectivity index (χ0n) is 5.20. The molecule has 1 aromatic rings. The van der Waals surface area contributed by atoms with Crippen molar-refractivity contribution in [3.05, 3.63) is 22.7 Å². The molecule has 0 fully saturated rings. The number of hydrogen-bond acceptors (Lipinski definition) is 4. The Hall–Kier alpha value is -0.680. The van der Waals surface area contributed by atoms with Crippen molar-refractivity contribution in [1.29, 1.82) is 0 Å². The highest BCUT2D eigenvalue weighted by Gasteiger charge is 2.01. The second-order valence-electron chi connectivity index (χ2n) is 1.62. The minimum absolute atomic E-state index is 0.127. The lowest BCUT2D eigenvalue weighted by Crippen LogP contribution is -1.98. The molecule has 0 unspecified atom stereocenters. The number of oxime groups is 1. The van der Waals surface area contributed by atoms with Crippen molar-refractivity contribution in [2.24, 2.45) is 5.16 Å². The van der Waals surface area contributed by atoms with Crippen LogP contribution in [-0.4, -0.2) is 20.3 Å². The van der Waals surface area contributed by atoms with Gasteiger partial charge in [-0.25, -0.2) is 9.97 Å². The van der Waals surface area contributed by atoms with Crippen LogP contribution in [0, 0.1) is 0 Å². The molecule has 6 heteroatoms. The van der Waals surface area contributed by atoms with E-state index in [9.17, 15) is 0 Å². The van der Waals surface area contributed by atoms with Gasteiger partial charge in [-0.3, -0.25) is 0 Å². The zero-order valence-corrected chi connectivity index (χ0v) is 7.54. The van der Waals surface area contributed by atoms with E-state index in [2.05, 4.69) is 31.1 Å². The summed E-state index contributed by atoms with van der Waals surface area (Å²) in [6.45, 7) is 0. The zero-order chi connectivity index (χ0) is 8.27. The molecular weight excluding hydrogens is 233 g/mol. The van der Waals surface area contributed by atoms with Crippen LogP contribution < -0.4 is 0 Å². The molecule has 11 heavy (non-hydrogen) atoms. The van der Waals surface area contributed by atoms with E-state index in [1.807, 2.05) is 0 Å². The molecule has 0 atom stereocenters. The molecule has 0 aromatic carbocycles. The van der Waals surface area contributed by atoms with Gasteiger partial charge in [0.2, 0.25) is 5.17 Å². The Bertz CT molecular complexity index is 274. The maximum absolute atomic E-state index is 8.22. The van der Waals surface area contributed by atoms with Crippen LogP contribution in [0.5, 0.6) is 0 Å². The smallest absolute Gasteiger partial charge is 0.212 e. The van der Waals surface area contributed by atoms with E-state index >= 15 is 0 Å². The summed E-state index contributed by atoms with van der Waals surface area (Å²) in [4.78, 5) is 7.54. The third-order valence-corrected chi connectivity index (χ3v) is 1.55. The fraction of sp³-hybridized carbons (Fsp3) is 0. The number of rotatable bonds is 1. The molecule has 4 nitrogen and oxygen atoms in total. The maximum atomic E-state index is 8.22. The summed E-state index contributed by atoms with van der Waals surface area (Å²) in [6, 6.07) is 0. The number of nitrogens with zero attached hydrogens (tertiary/aromatic N) is 3. The highest BCUT2D eigenvalue weighted by atomic mass is 79.9. The van der Waals surface area contributed by atoms with E-state index < -0.39 is 0 Å². The summed E-state index contributed by atoms with van der Waals surface area (Å²) >= 11 is 8.55. The van der Waals surface area contributed by atoms with E-state index in [1.54, 1.807) is 0 Å². The van der Waals surface area contributed by atoms with Crippen molar-refractivity contribution in [1.82, 2.24) is 9.97 Å². The largest absolute Gasteiger partial charge is 0.410 e. The monoisotopic (exact) mass is 235 g/mol. The van der Waals surface area contributed by atoms with E-state index in [-0.39, 0.29) is 11.0 Å². The molecule has 0 saturated carbocycles. The van der Waals surface area contributed by atoms with Gasteiger partial charge >= 0.3 is 0 Å². The third-order valence-electron chi connectivity index (χ3n) is 0.893. The molecule has 0 amide bonds. The summed E-state index contributed by atoms with van der Waals surface area (Å²) in [7, 11) is 0. The molecule has 58 valence electrons. The minimum atomic E-state index is -0.127. The molecule has 0 radical (unpaired) electrons. The molecule has 0 aliphatic rings. The number of hydrogen-bond donors (Lipinski definition) is 1. The van der Waals surface area contributed by atoms with E-state index in [0.29, 0.717) is 0 Å². The fourth-order valence-electron chi connectivity index (χ4n) is 0.464. The normalized spacial score (nSPS) is 11.6. The lowest BCUT2D eigenvalue weighted by atomic mass is 10.6. The van der Waals surface area contributed by atoms with Crippen LogP contribution >= 0.6 is 27.5 Å². The van der Waals surface area contributed by atoms with Crippen LogP contribution in [0.2, 0.25) is 0 Å². The Morgan fingerprint density at radius 3 is 2.55 bits per heavy atom. The van der Waals surface area contributed by atoms with Gasteiger partial charge in [0.05, 0.1) is 4.47 Å². The molecule has 0 bridgehead atoms. The fourth-order valence-corrected chi connectivity index (χ4v) is 0.766. The molecular formula is C5H3BrClN3O. The van der Waals surface area contributed by atoms with Gasteiger partial charge in [-0.2, -0.15) is 0 Å².